The Balaban J connectivity index is 2.83. The van der Waals surface area contributed by atoms with Gasteiger partial charge < -0.3 is 5.11 Å². The number of hydrogen-bond acceptors (Lipinski definition) is 1. The number of hydrogen-bond donors (Lipinski definition) is 1. The summed E-state index contributed by atoms with van der Waals surface area (Å²) in [6, 6.07) is 9.89. The maximum atomic E-state index is 11.6. The van der Waals surface area contributed by atoms with Crippen LogP contribution in [0.15, 0.2) is 30.3 Å². The fourth-order valence-electron chi connectivity index (χ4n) is 2.09. The molecule has 0 spiro atoms. The summed E-state index contributed by atoms with van der Waals surface area (Å²) in [5, 5.41) is 9.56. The second-order valence-electron chi connectivity index (χ2n) is 4.87. The zero-order valence-corrected chi connectivity index (χ0v) is 13.2. The van der Waals surface area contributed by atoms with Crippen molar-refractivity contribution in [2.45, 2.75) is 43.0 Å². The van der Waals surface area contributed by atoms with Gasteiger partial charge in [-0.15, -0.1) is 0 Å². The molecule has 0 aliphatic heterocycles. The van der Waals surface area contributed by atoms with Gasteiger partial charge in [-0.25, -0.2) is 0 Å². The molecule has 1 rings (SSSR count). The molecule has 0 aliphatic rings. The standard InChI is InChI=1S/C15H21IO2/c1-3-4-8-12(2)15(16,14(17)18)11-13-9-6-5-7-10-13/h5-7,9-10,12H,3-4,8,11H2,1-2H3,(H,17,18). The van der Waals surface area contributed by atoms with Gasteiger partial charge in [0, 0.05) is 0 Å². The highest BCUT2D eigenvalue weighted by molar-refractivity contribution is 14.1. The van der Waals surface area contributed by atoms with Crippen LogP contribution in [0.3, 0.4) is 0 Å². The molecule has 0 radical (unpaired) electrons. The van der Waals surface area contributed by atoms with Gasteiger partial charge in [-0.1, -0.05) is 79.6 Å². The van der Waals surface area contributed by atoms with Gasteiger partial charge in [0.15, 0.2) is 0 Å². The van der Waals surface area contributed by atoms with Crippen molar-refractivity contribution >= 4 is 28.6 Å². The van der Waals surface area contributed by atoms with E-state index in [0.29, 0.717) is 6.42 Å². The molecule has 1 aromatic carbocycles. The first-order valence-corrected chi connectivity index (χ1v) is 7.54. The van der Waals surface area contributed by atoms with E-state index in [9.17, 15) is 9.90 Å². The molecule has 0 heterocycles. The minimum absolute atomic E-state index is 0.177. The van der Waals surface area contributed by atoms with Crippen molar-refractivity contribution in [1.29, 1.82) is 0 Å². The molecule has 0 aliphatic carbocycles. The van der Waals surface area contributed by atoms with E-state index in [0.717, 1.165) is 24.8 Å². The molecule has 3 heteroatoms. The molecule has 2 nitrogen and oxygen atoms in total. The van der Waals surface area contributed by atoms with Crippen molar-refractivity contribution in [2.75, 3.05) is 0 Å². The summed E-state index contributed by atoms with van der Waals surface area (Å²) in [6.45, 7) is 4.19. The van der Waals surface area contributed by atoms with Crippen molar-refractivity contribution in [1.82, 2.24) is 0 Å². The summed E-state index contributed by atoms with van der Waals surface area (Å²) in [5.41, 5.74) is 1.10. The highest BCUT2D eigenvalue weighted by Gasteiger charge is 2.40. The van der Waals surface area contributed by atoms with E-state index in [4.69, 9.17) is 0 Å². The highest BCUT2D eigenvalue weighted by Crippen LogP contribution is 2.35. The van der Waals surface area contributed by atoms with Crippen LogP contribution in [0.4, 0.5) is 0 Å². The third-order valence-electron chi connectivity index (χ3n) is 3.43. The Bertz CT molecular complexity index is 377. The van der Waals surface area contributed by atoms with Crippen LogP contribution in [-0.2, 0) is 11.2 Å². The van der Waals surface area contributed by atoms with Crippen molar-refractivity contribution in [3.63, 3.8) is 0 Å². The van der Waals surface area contributed by atoms with Crippen LogP contribution in [0.25, 0.3) is 0 Å². The maximum absolute atomic E-state index is 11.6. The van der Waals surface area contributed by atoms with Gasteiger partial charge in [-0.3, -0.25) is 4.79 Å². The lowest BCUT2D eigenvalue weighted by Crippen LogP contribution is -2.40. The first-order valence-electron chi connectivity index (χ1n) is 6.47. The van der Waals surface area contributed by atoms with Crippen LogP contribution in [0, 0.1) is 5.92 Å². The number of unbranched alkanes of at least 4 members (excludes halogenated alkanes) is 1. The van der Waals surface area contributed by atoms with Gasteiger partial charge in [0.05, 0.1) is 0 Å². The van der Waals surface area contributed by atoms with Crippen LogP contribution >= 0.6 is 22.6 Å². The lowest BCUT2D eigenvalue weighted by Gasteiger charge is -2.30. The van der Waals surface area contributed by atoms with Crippen molar-refractivity contribution in [2.24, 2.45) is 5.92 Å². The molecule has 0 fully saturated rings. The molecule has 2 unspecified atom stereocenters. The number of halogens is 1. The minimum atomic E-state index is -0.700. The number of carbonyl (C=O) groups is 1. The van der Waals surface area contributed by atoms with E-state index in [1.54, 1.807) is 0 Å². The average Bonchev–Trinajstić information content (AvgIpc) is 2.36. The van der Waals surface area contributed by atoms with Gasteiger partial charge in [0.1, 0.15) is 3.42 Å². The van der Waals surface area contributed by atoms with Crippen LogP contribution in [0.2, 0.25) is 0 Å². The zero-order valence-electron chi connectivity index (χ0n) is 11.0. The van der Waals surface area contributed by atoms with Gasteiger partial charge >= 0.3 is 5.97 Å². The minimum Gasteiger partial charge on any atom is -0.480 e. The average molecular weight is 360 g/mol. The molecule has 0 saturated carbocycles. The molecule has 2 atom stereocenters. The molecule has 0 saturated heterocycles. The summed E-state index contributed by atoms with van der Waals surface area (Å²) in [7, 11) is 0. The molecular formula is C15H21IO2. The van der Waals surface area contributed by atoms with E-state index in [1.165, 1.54) is 0 Å². The molecule has 0 amide bonds. The second kappa shape index (κ2) is 7.12. The Hall–Kier alpha value is -0.580. The van der Waals surface area contributed by atoms with E-state index < -0.39 is 9.39 Å². The van der Waals surface area contributed by atoms with Crippen molar-refractivity contribution in [3.8, 4) is 0 Å². The van der Waals surface area contributed by atoms with Gasteiger partial charge in [0.2, 0.25) is 0 Å². The molecule has 1 N–H and O–H groups in total. The molecule has 0 bridgehead atoms. The second-order valence-corrected chi connectivity index (χ2v) is 6.80. The van der Waals surface area contributed by atoms with E-state index >= 15 is 0 Å². The number of benzene rings is 1. The molecule has 1 aromatic rings. The maximum Gasteiger partial charge on any atom is 0.320 e. The van der Waals surface area contributed by atoms with Gasteiger partial charge in [-0.2, -0.15) is 0 Å². The summed E-state index contributed by atoms with van der Waals surface area (Å²) in [5.74, 6) is -0.522. The number of carboxylic acids is 1. The van der Waals surface area contributed by atoms with Gasteiger partial charge in [-0.05, 0) is 24.3 Å². The van der Waals surface area contributed by atoms with E-state index in [1.807, 2.05) is 30.3 Å². The lowest BCUT2D eigenvalue weighted by atomic mass is 9.85. The molecular weight excluding hydrogens is 339 g/mol. The fourth-order valence-corrected chi connectivity index (χ4v) is 2.84. The Kier molecular flexibility index (Phi) is 6.12. The zero-order chi connectivity index (χ0) is 13.6. The summed E-state index contributed by atoms with van der Waals surface area (Å²) in [4.78, 5) is 11.6. The van der Waals surface area contributed by atoms with E-state index in [2.05, 4.69) is 36.4 Å². The Labute approximate surface area is 123 Å². The van der Waals surface area contributed by atoms with Crippen molar-refractivity contribution in [3.05, 3.63) is 35.9 Å². The van der Waals surface area contributed by atoms with Crippen LogP contribution in [-0.4, -0.2) is 14.5 Å². The normalized spacial score (nSPS) is 15.9. The topological polar surface area (TPSA) is 37.3 Å². The first-order chi connectivity index (χ1) is 8.50. The Morgan fingerprint density at radius 1 is 1.39 bits per heavy atom. The lowest BCUT2D eigenvalue weighted by molar-refractivity contribution is -0.140. The summed E-state index contributed by atoms with van der Waals surface area (Å²) in [6.07, 6.45) is 3.77. The predicted octanol–water partition coefficient (Wildman–Crippen LogP) is 4.31. The third-order valence-corrected chi connectivity index (χ3v) is 5.34. The SMILES string of the molecule is CCCCC(C)C(I)(Cc1ccccc1)C(=O)O. The van der Waals surface area contributed by atoms with Crippen LogP contribution < -0.4 is 0 Å². The number of alkyl halides is 1. The van der Waals surface area contributed by atoms with Crippen LogP contribution in [0.1, 0.15) is 38.7 Å². The molecule has 18 heavy (non-hydrogen) atoms. The van der Waals surface area contributed by atoms with Crippen LogP contribution in [0.5, 0.6) is 0 Å². The number of rotatable bonds is 7. The number of carboxylic acid groups (broad SMARTS) is 1. The summed E-state index contributed by atoms with van der Waals surface area (Å²) >= 11 is 2.13. The Morgan fingerprint density at radius 3 is 2.50 bits per heavy atom. The fraction of sp³-hybridized carbons (Fsp3) is 0.533. The summed E-state index contributed by atoms with van der Waals surface area (Å²) < 4.78 is -0.700. The first kappa shape index (κ1) is 15.5. The number of aliphatic carboxylic acids is 1. The van der Waals surface area contributed by atoms with E-state index in [-0.39, 0.29) is 5.92 Å². The third kappa shape index (κ3) is 3.97. The quantitative estimate of drug-likeness (QED) is 0.581. The monoisotopic (exact) mass is 360 g/mol. The molecule has 0 aromatic heterocycles. The largest absolute Gasteiger partial charge is 0.480 e. The predicted molar refractivity (Wildman–Crippen MR) is 83.2 cm³/mol. The van der Waals surface area contributed by atoms with Crippen molar-refractivity contribution < 1.29 is 9.90 Å². The molecule has 100 valence electrons. The Morgan fingerprint density at radius 2 is 2.00 bits per heavy atom. The highest BCUT2D eigenvalue weighted by atomic mass is 127. The van der Waals surface area contributed by atoms with Gasteiger partial charge in [0.25, 0.3) is 0 Å². The smallest absolute Gasteiger partial charge is 0.320 e.